The van der Waals surface area contributed by atoms with E-state index in [9.17, 15) is 23.9 Å². The molecule has 0 radical (unpaired) electrons. The van der Waals surface area contributed by atoms with Crippen molar-refractivity contribution in [3.8, 4) is 6.07 Å². The maximum absolute atomic E-state index is 13.2. The fourth-order valence-corrected chi connectivity index (χ4v) is 3.58. The molecule has 160 valence electrons. The van der Waals surface area contributed by atoms with Gasteiger partial charge in [0, 0.05) is 13.0 Å². The highest BCUT2D eigenvalue weighted by atomic mass is 19.1. The predicted octanol–water partition coefficient (Wildman–Crippen LogP) is 2.52. The molecule has 31 heavy (non-hydrogen) atoms. The summed E-state index contributed by atoms with van der Waals surface area (Å²) in [4.78, 5) is 36.8. The van der Waals surface area contributed by atoms with E-state index in [0.717, 1.165) is 4.90 Å². The summed E-state index contributed by atoms with van der Waals surface area (Å²) in [5.41, 5.74) is 5.74. The lowest BCUT2D eigenvalue weighted by molar-refractivity contribution is -0.158. The topological polar surface area (TPSA) is 134 Å². The number of amides is 2. The zero-order valence-electron chi connectivity index (χ0n) is 16.5. The normalized spacial score (nSPS) is 18.4. The van der Waals surface area contributed by atoms with Gasteiger partial charge in [0.1, 0.15) is 12.4 Å². The molecule has 0 aromatic heterocycles. The molecular formula is C22H20FN3O5. The highest BCUT2D eigenvalue weighted by molar-refractivity contribution is 5.87. The van der Waals surface area contributed by atoms with Crippen LogP contribution in [0.5, 0.6) is 0 Å². The Balaban J connectivity index is 1.67. The molecule has 0 bridgehead atoms. The van der Waals surface area contributed by atoms with Crippen LogP contribution >= 0.6 is 0 Å². The summed E-state index contributed by atoms with van der Waals surface area (Å²) in [7, 11) is 0. The Kier molecular flexibility index (Phi) is 6.20. The van der Waals surface area contributed by atoms with Gasteiger partial charge in [-0.25, -0.2) is 14.0 Å². The number of hydrogen-bond donors (Lipinski definition) is 2. The number of nitrogens with zero attached hydrogens (tertiary/aromatic N) is 2. The monoisotopic (exact) mass is 425 g/mol. The Labute approximate surface area is 177 Å². The van der Waals surface area contributed by atoms with Crippen molar-refractivity contribution >= 4 is 18.0 Å². The summed E-state index contributed by atoms with van der Waals surface area (Å²) in [5.74, 6) is -3.01. The van der Waals surface area contributed by atoms with Gasteiger partial charge in [-0.05, 0) is 28.8 Å². The van der Waals surface area contributed by atoms with Crippen LogP contribution in [-0.2, 0) is 20.9 Å². The van der Waals surface area contributed by atoms with Crippen LogP contribution in [0.4, 0.5) is 9.18 Å². The number of carboxylic acids is 1. The fraction of sp³-hybridized carbons (Fsp3) is 0.273. The van der Waals surface area contributed by atoms with Crippen LogP contribution < -0.4 is 5.73 Å². The molecule has 1 unspecified atom stereocenters. The van der Waals surface area contributed by atoms with E-state index >= 15 is 0 Å². The number of benzene rings is 2. The number of nitriles is 1. The van der Waals surface area contributed by atoms with E-state index in [1.807, 2.05) is 0 Å². The van der Waals surface area contributed by atoms with Crippen molar-refractivity contribution in [3.63, 3.8) is 0 Å². The van der Waals surface area contributed by atoms with Gasteiger partial charge in [0.15, 0.2) is 5.54 Å². The van der Waals surface area contributed by atoms with Crippen LogP contribution in [0.2, 0.25) is 0 Å². The predicted molar refractivity (Wildman–Crippen MR) is 106 cm³/mol. The van der Waals surface area contributed by atoms with Gasteiger partial charge in [0.2, 0.25) is 5.91 Å². The molecule has 1 aliphatic rings. The second-order valence-corrected chi connectivity index (χ2v) is 7.26. The van der Waals surface area contributed by atoms with Crippen molar-refractivity contribution in [2.45, 2.75) is 30.9 Å². The summed E-state index contributed by atoms with van der Waals surface area (Å²) < 4.78 is 18.4. The van der Waals surface area contributed by atoms with Gasteiger partial charge in [-0.2, -0.15) is 5.26 Å². The van der Waals surface area contributed by atoms with Crippen molar-refractivity contribution < 1.29 is 28.6 Å². The van der Waals surface area contributed by atoms with E-state index in [1.165, 1.54) is 24.3 Å². The number of halogens is 1. The van der Waals surface area contributed by atoms with Crippen molar-refractivity contribution in [2.75, 3.05) is 6.54 Å². The largest absolute Gasteiger partial charge is 0.479 e. The zero-order chi connectivity index (χ0) is 22.6. The first-order valence-corrected chi connectivity index (χ1v) is 9.47. The average molecular weight is 425 g/mol. The SMILES string of the molecule is N#CC[C@]1(C(=O)O)CCN1C(=O)OCc1ccc(C(C(N)=O)c2ccc(F)cc2)cc1. The third kappa shape index (κ3) is 4.33. The first-order valence-electron chi connectivity index (χ1n) is 9.47. The van der Waals surface area contributed by atoms with Crippen LogP contribution in [0, 0.1) is 17.1 Å². The third-order valence-corrected chi connectivity index (χ3v) is 5.42. The molecule has 8 nitrogen and oxygen atoms in total. The number of ether oxygens (including phenoxy) is 1. The molecule has 1 aliphatic heterocycles. The lowest BCUT2D eigenvalue weighted by Crippen LogP contribution is -2.66. The molecule has 1 saturated heterocycles. The zero-order valence-corrected chi connectivity index (χ0v) is 16.5. The Hall–Kier alpha value is -3.93. The Bertz CT molecular complexity index is 1030. The number of primary amides is 1. The number of hydrogen-bond acceptors (Lipinski definition) is 5. The van der Waals surface area contributed by atoms with Gasteiger partial charge < -0.3 is 15.6 Å². The Morgan fingerprint density at radius 1 is 1.16 bits per heavy atom. The lowest BCUT2D eigenvalue weighted by Gasteiger charge is -2.47. The van der Waals surface area contributed by atoms with E-state index in [-0.39, 0.29) is 26.0 Å². The van der Waals surface area contributed by atoms with Crippen LogP contribution in [-0.4, -0.2) is 40.1 Å². The molecule has 2 aromatic rings. The van der Waals surface area contributed by atoms with E-state index in [1.54, 1.807) is 30.3 Å². The summed E-state index contributed by atoms with van der Waals surface area (Å²) in [6, 6.07) is 13.9. The van der Waals surface area contributed by atoms with Gasteiger partial charge in [0.05, 0.1) is 18.4 Å². The van der Waals surface area contributed by atoms with E-state index < -0.39 is 35.2 Å². The average Bonchev–Trinajstić information content (AvgIpc) is 2.71. The minimum Gasteiger partial charge on any atom is -0.479 e. The number of nitrogens with two attached hydrogens (primary N) is 1. The van der Waals surface area contributed by atoms with Crippen LogP contribution in [0.1, 0.15) is 35.4 Å². The minimum absolute atomic E-state index is 0.115. The van der Waals surface area contributed by atoms with Crippen LogP contribution in [0.15, 0.2) is 48.5 Å². The molecule has 0 aliphatic carbocycles. The minimum atomic E-state index is -1.54. The maximum atomic E-state index is 13.2. The standard InChI is InChI=1S/C22H20FN3O5/c23-17-7-5-16(6-8-17)18(19(25)27)15-3-1-14(2-4-15)13-31-21(30)26-12-10-22(26,9-11-24)20(28)29/h1-8,18H,9-10,12-13H2,(H2,25,27)(H,28,29)/t18?,22-/m1/s1. The molecule has 0 spiro atoms. The quantitative estimate of drug-likeness (QED) is 0.700. The fourth-order valence-electron chi connectivity index (χ4n) is 3.58. The second-order valence-electron chi connectivity index (χ2n) is 7.26. The third-order valence-electron chi connectivity index (χ3n) is 5.42. The number of likely N-dealkylation sites (tertiary alicyclic amines) is 1. The molecule has 0 saturated carbocycles. The van der Waals surface area contributed by atoms with Gasteiger partial charge in [-0.1, -0.05) is 36.4 Å². The molecule has 3 N–H and O–H groups in total. The number of rotatable bonds is 7. The summed E-state index contributed by atoms with van der Waals surface area (Å²) in [6.45, 7) is 0.0827. The lowest BCUT2D eigenvalue weighted by atomic mass is 9.82. The number of carbonyl (C=O) groups is 3. The molecule has 1 heterocycles. The van der Waals surface area contributed by atoms with E-state index in [4.69, 9.17) is 15.7 Å². The smallest absolute Gasteiger partial charge is 0.411 e. The van der Waals surface area contributed by atoms with Crippen molar-refractivity contribution in [1.29, 1.82) is 5.26 Å². The highest BCUT2D eigenvalue weighted by Crippen LogP contribution is 2.35. The second kappa shape index (κ2) is 8.83. The Morgan fingerprint density at radius 2 is 1.74 bits per heavy atom. The number of carboxylic acid groups (broad SMARTS) is 1. The first kappa shape index (κ1) is 21.8. The Morgan fingerprint density at radius 3 is 2.19 bits per heavy atom. The van der Waals surface area contributed by atoms with Gasteiger partial charge in [0.25, 0.3) is 0 Å². The summed E-state index contributed by atoms with van der Waals surface area (Å²) in [6.07, 6.45) is -0.934. The van der Waals surface area contributed by atoms with Gasteiger partial charge >= 0.3 is 12.1 Å². The van der Waals surface area contributed by atoms with Crippen LogP contribution in [0.3, 0.4) is 0 Å². The highest BCUT2D eigenvalue weighted by Gasteiger charge is 2.54. The number of carbonyl (C=O) groups excluding carboxylic acids is 2. The molecule has 3 rings (SSSR count). The molecular weight excluding hydrogens is 405 g/mol. The number of aliphatic carboxylic acids is 1. The molecule has 2 amide bonds. The van der Waals surface area contributed by atoms with Crippen molar-refractivity contribution in [1.82, 2.24) is 4.90 Å². The summed E-state index contributed by atoms with van der Waals surface area (Å²) >= 11 is 0. The van der Waals surface area contributed by atoms with Gasteiger partial charge in [-0.3, -0.25) is 9.69 Å². The van der Waals surface area contributed by atoms with E-state index in [0.29, 0.717) is 16.7 Å². The molecule has 1 fully saturated rings. The molecule has 2 atom stereocenters. The van der Waals surface area contributed by atoms with Crippen molar-refractivity contribution in [3.05, 3.63) is 71.0 Å². The van der Waals surface area contributed by atoms with Crippen molar-refractivity contribution in [2.24, 2.45) is 5.73 Å². The van der Waals surface area contributed by atoms with E-state index in [2.05, 4.69) is 0 Å². The first-order chi connectivity index (χ1) is 14.8. The molecule has 2 aromatic carbocycles. The maximum Gasteiger partial charge on any atom is 0.411 e. The summed E-state index contributed by atoms with van der Waals surface area (Å²) in [5, 5.41) is 18.3. The molecule has 9 heteroatoms. The van der Waals surface area contributed by atoms with Gasteiger partial charge in [-0.15, -0.1) is 0 Å². The van der Waals surface area contributed by atoms with Crippen LogP contribution in [0.25, 0.3) is 0 Å².